The van der Waals surface area contributed by atoms with E-state index in [4.69, 9.17) is 27.9 Å². The standard InChI is InChI=1S/C24H11Br2Cl2F5N2O2/c1-9-13(24(36)35(34-9)22-20(32)18(30)17(29)19(31)21(22)33)6-11-5-12(25)7-14(26)23(11)37-8-10-2-3-15(27)16(28)4-10/h2-7H,8H2,1H3/b13-6-. The molecule has 0 saturated heterocycles. The molecule has 4 rings (SSSR count). The largest absolute Gasteiger partial charge is 0.487 e. The lowest BCUT2D eigenvalue weighted by Crippen LogP contribution is -2.25. The van der Waals surface area contributed by atoms with E-state index in [-0.39, 0.29) is 28.7 Å². The fraction of sp³-hybridized carbons (Fsp3) is 0.0833. The van der Waals surface area contributed by atoms with E-state index in [0.29, 0.717) is 30.1 Å². The Bertz CT molecular complexity index is 1500. The van der Waals surface area contributed by atoms with Gasteiger partial charge in [-0.3, -0.25) is 4.79 Å². The topological polar surface area (TPSA) is 41.9 Å². The minimum absolute atomic E-state index is 0.0273. The first-order valence-electron chi connectivity index (χ1n) is 10.1. The number of carbonyl (C=O) groups is 1. The molecule has 0 aliphatic carbocycles. The lowest BCUT2D eigenvalue weighted by Gasteiger charge is -2.15. The van der Waals surface area contributed by atoms with Gasteiger partial charge in [-0.25, -0.2) is 22.0 Å². The first-order valence-corrected chi connectivity index (χ1v) is 12.4. The molecule has 0 atom stereocenters. The molecule has 3 aromatic carbocycles. The molecule has 0 bridgehead atoms. The average molecular weight is 685 g/mol. The van der Waals surface area contributed by atoms with Crippen molar-refractivity contribution in [2.24, 2.45) is 5.10 Å². The number of ether oxygens (including phenoxy) is 1. The van der Waals surface area contributed by atoms with Crippen LogP contribution in [0.1, 0.15) is 18.1 Å². The average Bonchev–Trinajstić information content (AvgIpc) is 3.11. The van der Waals surface area contributed by atoms with Crippen LogP contribution in [0.3, 0.4) is 0 Å². The van der Waals surface area contributed by atoms with E-state index < -0.39 is 40.7 Å². The van der Waals surface area contributed by atoms with Gasteiger partial charge in [-0.15, -0.1) is 0 Å². The van der Waals surface area contributed by atoms with Crippen molar-refractivity contribution in [3.05, 3.63) is 95.1 Å². The van der Waals surface area contributed by atoms with Gasteiger partial charge >= 0.3 is 0 Å². The Hall–Kier alpha value is -2.47. The van der Waals surface area contributed by atoms with Crippen molar-refractivity contribution in [3.63, 3.8) is 0 Å². The van der Waals surface area contributed by atoms with Crippen molar-refractivity contribution >= 4 is 78.4 Å². The molecule has 0 N–H and O–H groups in total. The summed E-state index contributed by atoms with van der Waals surface area (Å²) in [6.07, 6.45) is 1.33. The highest BCUT2D eigenvalue weighted by Crippen LogP contribution is 2.38. The summed E-state index contributed by atoms with van der Waals surface area (Å²) in [6, 6.07) is 8.22. The van der Waals surface area contributed by atoms with Crippen molar-refractivity contribution in [2.45, 2.75) is 13.5 Å². The van der Waals surface area contributed by atoms with Gasteiger partial charge < -0.3 is 4.74 Å². The van der Waals surface area contributed by atoms with E-state index in [2.05, 4.69) is 37.0 Å². The summed E-state index contributed by atoms with van der Waals surface area (Å²) in [6.45, 7) is 1.41. The number of hydrogen-bond acceptors (Lipinski definition) is 3. The summed E-state index contributed by atoms with van der Waals surface area (Å²) >= 11 is 18.7. The quantitative estimate of drug-likeness (QED) is 0.117. The van der Waals surface area contributed by atoms with Crippen LogP contribution in [0, 0.1) is 29.1 Å². The van der Waals surface area contributed by atoms with Crippen LogP contribution in [0.4, 0.5) is 27.6 Å². The summed E-state index contributed by atoms with van der Waals surface area (Å²) in [5.41, 5.74) is -0.627. The molecule has 4 nitrogen and oxygen atoms in total. The van der Waals surface area contributed by atoms with Crippen LogP contribution in [0.5, 0.6) is 5.75 Å². The molecule has 0 aromatic heterocycles. The monoisotopic (exact) mass is 682 g/mol. The Morgan fingerprint density at radius 2 is 1.57 bits per heavy atom. The van der Waals surface area contributed by atoms with Gasteiger partial charge in [-0.2, -0.15) is 10.1 Å². The minimum Gasteiger partial charge on any atom is -0.487 e. The van der Waals surface area contributed by atoms with Gasteiger partial charge in [0.15, 0.2) is 23.3 Å². The SMILES string of the molecule is CC1=NN(c2c(F)c(F)c(F)c(F)c2F)C(=O)/C1=C\c1cc(Br)cc(Br)c1OCc1ccc(Cl)c(Cl)c1. The van der Waals surface area contributed by atoms with E-state index in [1.54, 1.807) is 30.3 Å². The second kappa shape index (κ2) is 10.7. The second-order valence-corrected chi connectivity index (χ2v) is 10.2. The number of carbonyl (C=O) groups excluding carboxylic acids is 1. The second-order valence-electron chi connectivity index (χ2n) is 7.62. The summed E-state index contributed by atoms with van der Waals surface area (Å²) in [5.74, 6) is -11.9. The fourth-order valence-electron chi connectivity index (χ4n) is 3.40. The van der Waals surface area contributed by atoms with Gasteiger partial charge in [0.25, 0.3) is 5.91 Å². The number of anilines is 1. The van der Waals surface area contributed by atoms with Crippen molar-refractivity contribution in [3.8, 4) is 5.75 Å². The summed E-state index contributed by atoms with van der Waals surface area (Å²) < 4.78 is 76.6. The highest BCUT2D eigenvalue weighted by molar-refractivity contribution is 9.11. The van der Waals surface area contributed by atoms with Gasteiger partial charge in [0.05, 0.1) is 25.8 Å². The van der Waals surface area contributed by atoms with Crippen LogP contribution in [-0.2, 0) is 11.4 Å². The summed E-state index contributed by atoms with van der Waals surface area (Å²) in [7, 11) is 0. The van der Waals surface area contributed by atoms with Gasteiger partial charge in [-0.05, 0) is 58.8 Å². The lowest BCUT2D eigenvalue weighted by atomic mass is 10.1. The van der Waals surface area contributed by atoms with Crippen molar-refractivity contribution in [1.29, 1.82) is 0 Å². The zero-order chi connectivity index (χ0) is 27.2. The van der Waals surface area contributed by atoms with Crippen LogP contribution in [0.15, 0.2) is 50.0 Å². The predicted octanol–water partition coefficient (Wildman–Crippen LogP) is 8.60. The van der Waals surface area contributed by atoms with E-state index in [9.17, 15) is 26.7 Å². The van der Waals surface area contributed by atoms with Crippen LogP contribution in [0.25, 0.3) is 6.08 Å². The highest BCUT2D eigenvalue weighted by atomic mass is 79.9. The molecule has 0 fully saturated rings. The maximum atomic E-state index is 14.3. The molecular formula is C24H11Br2Cl2F5N2O2. The normalized spacial score (nSPS) is 14.5. The van der Waals surface area contributed by atoms with E-state index >= 15 is 0 Å². The van der Waals surface area contributed by atoms with Gasteiger partial charge in [0.1, 0.15) is 18.0 Å². The number of amides is 1. The predicted molar refractivity (Wildman–Crippen MR) is 137 cm³/mol. The Kier molecular flexibility index (Phi) is 7.99. The van der Waals surface area contributed by atoms with Crippen LogP contribution >= 0.6 is 55.1 Å². The third kappa shape index (κ3) is 5.27. The van der Waals surface area contributed by atoms with Crippen molar-refractivity contribution in [2.75, 3.05) is 5.01 Å². The molecule has 0 saturated carbocycles. The van der Waals surface area contributed by atoms with Crippen LogP contribution < -0.4 is 9.75 Å². The third-order valence-electron chi connectivity index (χ3n) is 5.17. The van der Waals surface area contributed by atoms with Crippen molar-refractivity contribution < 1.29 is 31.5 Å². The molecule has 192 valence electrons. The van der Waals surface area contributed by atoms with Gasteiger partial charge in [0.2, 0.25) is 5.82 Å². The maximum absolute atomic E-state index is 14.3. The fourth-order valence-corrected chi connectivity index (χ4v) is 5.09. The number of benzene rings is 3. The summed E-state index contributed by atoms with van der Waals surface area (Å²) in [4.78, 5) is 13.0. The highest BCUT2D eigenvalue weighted by Gasteiger charge is 2.37. The number of hydrazone groups is 1. The molecule has 0 radical (unpaired) electrons. The lowest BCUT2D eigenvalue weighted by molar-refractivity contribution is -0.114. The van der Waals surface area contributed by atoms with Crippen molar-refractivity contribution in [1.82, 2.24) is 0 Å². The van der Waals surface area contributed by atoms with Gasteiger partial charge in [-0.1, -0.05) is 45.2 Å². The van der Waals surface area contributed by atoms with Crippen LogP contribution in [0.2, 0.25) is 10.0 Å². The smallest absolute Gasteiger partial charge is 0.280 e. The molecule has 1 amide bonds. The Morgan fingerprint density at radius 1 is 0.946 bits per heavy atom. The number of halogens is 9. The first kappa shape index (κ1) is 27.6. The minimum atomic E-state index is -2.34. The molecule has 3 aromatic rings. The Labute approximate surface area is 233 Å². The number of hydrogen-bond donors (Lipinski definition) is 0. The van der Waals surface area contributed by atoms with E-state index in [1.165, 1.54) is 13.0 Å². The molecule has 1 aliphatic rings. The molecule has 1 heterocycles. The van der Waals surface area contributed by atoms with E-state index in [1.807, 2.05) is 0 Å². The maximum Gasteiger partial charge on any atom is 0.280 e. The zero-order valence-corrected chi connectivity index (χ0v) is 23.0. The Balaban J connectivity index is 1.73. The molecule has 0 spiro atoms. The molecule has 37 heavy (non-hydrogen) atoms. The third-order valence-corrected chi connectivity index (χ3v) is 6.95. The van der Waals surface area contributed by atoms with Crippen LogP contribution in [-0.4, -0.2) is 11.6 Å². The Morgan fingerprint density at radius 3 is 2.19 bits per heavy atom. The zero-order valence-electron chi connectivity index (χ0n) is 18.3. The molecule has 1 aliphatic heterocycles. The summed E-state index contributed by atoms with van der Waals surface area (Å²) in [5, 5.41) is 4.58. The number of rotatable bonds is 5. The molecular weight excluding hydrogens is 674 g/mol. The molecule has 0 unspecified atom stereocenters. The van der Waals surface area contributed by atoms with Gasteiger partial charge in [0, 0.05) is 10.0 Å². The first-order chi connectivity index (χ1) is 17.4. The number of nitrogens with zero attached hydrogens (tertiary/aromatic N) is 2. The molecule has 13 heteroatoms. The van der Waals surface area contributed by atoms with E-state index in [0.717, 1.165) is 0 Å².